The number of aromatic nitrogens is 1. The van der Waals surface area contributed by atoms with E-state index >= 15 is 0 Å². The fraction of sp³-hybridized carbons (Fsp3) is 0.308. The number of nitrogens with zero attached hydrogens (tertiary/aromatic N) is 1. The van der Waals surface area contributed by atoms with E-state index in [4.69, 9.17) is 19.9 Å². The van der Waals surface area contributed by atoms with Gasteiger partial charge in [-0.25, -0.2) is 4.98 Å². The van der Waals surface area contributed by atoms with Crippen LogP contribution in [0.5, 0.6) is 17.2 Å². The number of ether oxygens (including phenoxy) is 3. The molecule has 5 nitrogen and oxygen atoms in total. The third-order valence-electron chi connectivity index (χ3n) is 2.78. The lowest BCUT2D eigenvalue weighted by Gasteiger charge is -2.18. The van der Waals surface area contributed by atoms with E-state index in [9.17, 15) is 0 Å². The highest BCUT2D eigenvalue weighted by Gasteiger charge is 2.22. The van der Waals surface area contributed by atoms with E-state index in [1.165, 1.54) is 11.3 Å². The lowest BCUT2D eigenvalue weighted by Crippen LogP contribution is -2.14. The molecule has 0 aliphatic carbocycles. The molecule has 0 spiro atoms. The second-order valence-electron chi connectivity index (χ2n) is 3.79. The first-order chi connectivity index (χ1) is 9.21. The zero-order valence-corrected chi connectivity index (χ0v) is 11.9. The molecule has 19 heavy (non-hydrogen) atoms. The highest BCUT2D eigenvalue weighted by Crippen LogP contribution is 2.39. The minimum atomic E-state index is -0.393. The first-order valence-electron chi connectivity index (χ1n) is 5.66. The molecule has 2 aromatic rings. The molecule has 0 aliphatic heterocycles. The number of methoxy groups -OCH3 is 3. The first kappa shape index (κ1) is 13.6. The summed E-state index contributed by atoms with van der Waals surface area (Å²) >= 11 is 1.50. The van der Waals surface area contributed by atoms with Crippen LogP contribution in [0.3, 0.4) is 0 Å². The molecule has 102 valence electrons. The Morgan fingerprint density at radius 1 is 1.11 bits per heavy atom. The normalized spacial score (nSPS) is 12.0. The SMILES string of the molecule is COc1cc(OC)c(C(N)c2nccs2)c(OC)c1. The van der Waals surface area contributed by atoms with E-state index in [-0.39, 0.29) is 0 Å². The van der Waals surface area contributed by atoms with Crippen LogP contribution in [0, 0.1) is 0 Å². The van der Waals surface area contributed by atoms with Gasteiger partial charge in [-0.3, -0.25) is 0 Å². The molecule has 1 unspecified atom stereocenters. The van der Waals surface area contributed by atoms with Gasteiger partial charge in [0.25, 0.3) is 0 Å². The van der Waals surface area contributed by atoms with Crippen molar-refractivity contribution in [3.05, 3.63) is 34.3 Å². The van der Waals surface area contributed by atoms with E-state index < -0.39 is 6.04 Å². The van der Waals surface area contributed by atoms with Gasteiger partial charge in [-0.15, -0.1) is 11.3 Å². The summed E-state index contributed by atoms with van der Waals surface area (Å²) in [5.74, 6) is 1.90. The number of hydrogen-bond donors (Lipinski definition) is 1. The van der Waals surface area contributed by atoms with Gasteiger partial charge in [0.15, 0.2) is 0 Å². The molecule has 1 heterocycles. The predicted molar refractivity (Wildman–Crippen MR) is 74.2 cm³/mol. The monoisotopic (exact) mass is 280 g/mol. The smallest absolute Gasteiger partial charge is 0.131 e. The Kier molecular flexibility index (Phi) is 4.24. The molecule has 0 fully saturated rings. The lowest BCUT2D eigenvalue weighted by molar-refractivity contribution is 0.366. The molecule has 0 aliphatic rings. The summed E-state index contributed by atoms with van der Waals surface area (Å²) in [6, 6.07) is 3.17. The second-order valence-corrected chi connectivity index (χ2v) is 4.72. The second kappa shape index (κ2) is 5.90. The van der Waals surface area contributed by atoms with Gasteiger partial charge < -0.3 is 19.9 Å². The zero-order valence-electron chi connectivity index (χ0n) is 11.0. The average Bonchev–Trinajstić information content (AvgIpc) is 2.99. The van der Waals surface area contributed by atoms with Crippen molar-refractivity contribution in [2.75, 3.05) is 21.3 Å². The van der Waals surface area contributed by atoms with Gasteiger partial charge in [0.2, 0.25) is 0 Å². The number of hydrogen-bond acceptors (Lipinski definition) is 6. The van der Waals surface area contributed by atoms with Crippen LogP contribution in [-0.2, 0) is 0 Å². The number of thiazole rings is 1. The van der Waals surface area contributed by atoms with Gasteiger partial charge >= 0.3 is 0 Å². The Labute approximate surface area is 115 Å². The first-order valence-corrected chi connectivity index (χ1v) is 6.54. The minimum absolute atomic E-state index is 0.393. The van der Waals surface area contributed by atoms with Crippen molar-refractivity contribution < 1.29 is 14.2 Å². The summed E-state index contributed by atoms with van der Waals surface area (Å²) in [7, 11) is 4.77. The maximum Gasteiger partial charge on any atom is 0.131 e. The summed E-state index contributed by atoms with van der Waals surface area (Å²) in [6.45, 7) is 0. The van der Waals surface area contributed by atoms with Crippen LogP contribution in [-0.4, -0.2) is 26.3 Å². The van der Waals surface area contributed by atoms with Crippen LogP contribution in [0.15, 0.2) is 23.7 Å². The van der Waals surface area contributed by atoms with Crippen molar-refractivity contribution >= 4 is 11.3 Å². The topological polar surface area (TPSA) is 66.6 Å². The molecule has 0 amide bonds. The summed E-state index contributed by atoms with van der Waals surface area (Å²) < 4.78 is 16.0. The fourth-order valence-electron chi connectivity index (χ4n) is 1.85. The largest absolute Gasteiger partial charge is 0.496 e. The molecule has 0 bridgehead atoms. The van der Waals surface area contributed by atoms with Crippen molar-refractivity contribution in [3.8, 4) is 17.2 Å². The lowest BCUT2D eigenvalue weighted by atomic mass is 10.0. The molecular weight excluding hydrogens is 264 g/mol. The Bertz CT molecular complexity index is 518. The van der Waals surface area contributed by atoms with Gasteiger partial charge in [0.1, 0.15) is 22.3 Å². The molecule has 6 heteroatoms. The fourth-order valence-corrected chi connectivity index (χ4v) is 2.50. The van der Waals surface area contributed by atoms with Crippen molar-refractivity contribution in [1.82, 2.24) is 4.98 Å². The van der Waals surface area contributed by atoms with Crippen LogP contribution >= 0.6 is 11.3 Å². The maximum atomic E-state index is 6.25. The zero-order chi connectivity index (χ0) is 13.8. The Hall–Kier alpha value is -1.79. The van der Waals surface area contributed by atoms with Gasteiger partial charge in [-0.2, -0.15) is 0 Å². The molecule has 0 saturated carbocycles. The van der Waals surface area contributed by atoms with Gasteiger partial charge in [0, 0.05) is 23.7 Å². The average molecular weight is 280 g/mol. The van der Waals surface area contributed by atoms with Crippen molar-refractivity contribution in [3.63, 3.8) is 0 Å². The molecule has 2 N–H and O–H groups in total. The third-order valence-corrected chi connectivity index (χ3v) is 3.64. The highest BCUT2D eigenvalue weighted by atomic mass is 32.1. The molecular formula is C13H16N2O3S. The quantitative estimate of drug-likeness (QED) is 0.909. The number of nitrogens with two attached hydrogens (primary N) is 1. The number of benzene rings is 1. The van der Waals surface area contributed by atoms with E-state index in [1.54, 1.807) is 39.7 Å². The third kappa shape index (κ3) is 2.64. The van der Waals surface area contributed by atoms with Crippen molar-refractivity contribution in [2.24, 2.45) is 5.73 Å². The summed E-state index contributed by atoms with van der Waals surface area (Å²) in [6.07, 6.45) is 1.72. The molecule has 2 rings (SSSR count). The Morgan fingerprint density at radius 2 is 1.74 bits per heavy atom. The Balaban J connectivity index is 2.54. The summed E-state index contributed by atoms with van der Waals surface area (Å²) in [4.78, 5) is 4.24. The van der Waals surface area contributed by atoms with Gasteiger partial charge in [-0.05, 0) is 0 Å². The van der Waals surface area contributed by atoms with Crippen LogP contribution < -0.4 is 19.9 Å². The predicted octanol–water partition coefficient (Wildman–Crippen LogP) is 2.22. The van der Waals surface area contributed by atoms with E-state index in [1.807, 2.05) is 5.38 Å². The van der Waals surface area contributed by atoms with E-state index in [0.717, 1.165) is 10.6 Å². The maximum absolute atomic E-state index is 6.25. The summed E-state index contributed by atoms with van der Waals surface area (Å²) in [5.41, 5.74) is 7.02. The van der Waals surface area contributed by atoms with E-state index in [0.29, 0.717) is 17.2 Å². The van der Waals surface area contributed by atoms with Crippen LogP contribution in [0.2, 0.25) is 0 Å². The Morgan fingerprint density at radius 3 is 2.16 bits per heavy atom. The van der Waals surface area contributed by atoms with Crippen LogP contribution in [0.4, 0.5) is 0 Å². The van der Waals surface area contributed by atoms with Gasteiger partial charge in [-0.1, -0.05) is 0 Å². The summed E-state index contributed by atoms with van der Waals surface area (Å²) in [5, 5.41) is 2.69. The molecule has 0 saturated heterocycles. The van der Waals surface area contributed by atoms with Crippen molar-refractivity contribution in [1.29, 1.82) is 0 Å². The molecule has 1 aromatic heterocycles. The van der Waals surface area contributed by atoms with E-state index in [2.05, 4.69) is 4.98 Å². The highest BCUT2D eigenvalue weighted by molar-refractivity contribution is 7.09. The molecule has 1 atom stereocenters. The minimum Gasteiger partial charge on any atom is -0.496 e. The van der Waals surface area contributed by atoms with Gasteiger partial charge in [0.05, 0.1) is 32.9 Å². The number of rotatable bonds is 5. The molecule has 1 aromatic carbocycles. The van der Waals surface area contributed by atoms with Crippen LogP contribution in [0.1, 0.15) is 16.6 Å². The van der Waals surface area contributed by atoms with Crippen LogP contribution in [0.25, 0.3) is 0 Å². The molecule has 0 radical (unpaired) electrons. The van der Waals surface area contributed by atoms with Crippen molar-refractivity contribution in [2.45, 2.75) is 6.04 Å². The standard InChI is InChI=1S/C13H16N2O3S/c1-16-8-6-9(17-2)11(10(7-8)18-3)12(14)13-15-4-5-19-13/h4-7,12H,14H2,1-3H3.